The summed E-state index contributed by atoms with van der Waals surface area (Å²) < 4.78 is 0. The predicted octanol–water partition coefficient (Wildman–Crippen LogP) is 2.73. The van der Waals surface area contributed by atoms with Crippen LogP contribution in [0.1, 0.15) is 17.3 Å². The van der Waals surface area contributed by atoms with Crippen molar-refractivity contribution in [2.75, 3.05) is 68.7 Å². The Morgan fingerprint density at radius 3 is 2.19 bits per heavy atom. The molecule has 0 bridgehead atoms. The van der Waals surface area contributed by atoms with Gasteiger partial charge >= 0.3 is 0 Å². The monoisotopic (exact) mass is 430 g/mol. The lowest BCUT2D eigenvalue weighted by atomic mass is 10.0. The van der Waals surface area contributed by atoms with Crippen LogP contribution in [0, 0.1) is 0 Å². The molecule has 4 heterocycles. The molecule has 3 aromatic rings. The van der Waals surface area contributed by atoms with Gasteiger partial charge in [-0.1, -0.05) is 37.3 Å². The Kier molecular flexibility index (Phi) is 5.90. The van der Waals surface area contributed by atoms with Crippen molar-refractivity contribution in [3.8, 4) is 0 Å². The standard InChI is InChI=1S/C25H30N6O/c1-2-28-11-13-31(14-12-28)25(32)22-19-27-24(21-8-4-3-7-20(21)22)30-17-15-29(16-18-30)23-9-5-6-10-26-23/h3-10,19H,2,11-18H2,1H3. The van der Waals surface area contributed by atoms with Gasteiger partial charge in [0, 0.05) is 70.1 Å². The summed E-state index contributed by atoms with van der Waals surface area (Å²) in [6.07, 6.45) is 3.63. The lowest BCUT2D eigenvalue weighted by Crippen LogP contribution is -2.48. The maximum absolute atomic E-state index is 13.3. The molecule has 0 saturated carbocycles. The number of carbonyl (C=O) groups is 1. The molecule has 2 aromatic heterocycles. The quantitative estimate of drug-likeness (QED) is 0.635. The number of amides is 1. The van der Waals surface area contributed by atoms with Crippen LogP contribution in [0.5, 0.6) is 0 Å². The molecule has 5 rings (SSSR count). The zero-order valence-electron chi connectivity index (χ0n) is 18.7. The molecule has 0 radical (unpaired) electrons. The number of hydrogen-bond donors (Lipinski definition) is 0. The molecular formula is C25H30N6O. The second-order valence-electron chi connectivity index (χ2n) is 8.43. The molecule has 0 unspecified atom stereocenters. The molecule has 1 amide bonds. The number of piperazine rings is 2. The molecular weight excluding hydrogens is 400 g/mol. The molecule has 0 N–H and O–H groups in total. The zero-order chi connectivity index (χ0) is 21.9. The molecule has 7 nitrogen and oxygen atoms in total. The first-order valence-electron chi connectivity index (χ1n) is 11.5. The number of hydrogen-bond acceptors (Lipinski definition) is 6. The van der Waals surface area contributed by atoms with E-state index in [2.05, 4.69) is 44.8 Å². The van der Waals surface area contributed by atoms with Crippen LogP contribution in [0.3, 0.4) is 0 Å². The Morgan fingerprint density at radius 2 is 1.50 bits per heavy atom. The van der Waals surface area contributed by atoms with Gasteiger partial charge in [0.2, 0.25) is 0 Å². The summed E-state index contributed by atoms with van der Waals surface area (Å²) in [5, 5.41) is 2.05. The summed E-state index contributed by atoms with van der Waals surface area (Å²) in [5.74, 6) is 2.08. The molecule has 0 aliphatic carbocycles. The Hall–Kier alpha value is -3.19. The van der Waals surface area contributed by atoms with E-state index in [1.165, 1.54) is 0 Å². The van der Waals surface area contributed by atoms with E-state index in [9.17, 15) is 4.79 Å². The van der Waals surface area contributed by atoms with Crippen molar-refractivity contribution in [3.05, 3.63) is 60.4 Å². The van der Waals surface area contributed by atoms with Crippen molar-refractivity contribution >= 4 is 28.3 Å². The molecule has 7 heteroatoms. The third-order valence-corrected chi connectivity index (χ3v) is 6.66. The maximum Gasteiger partial charge on any atom is 0.256 e. The van der Waals surface area contributed by atoms with Crippen molar-refractivity contribution in [3.63, 3.8) is 0 Å². The second-order valence-corrected chi connectivity index (χ2v) is 8.43. The third kappa shape index (κ3) is 4.00. The normalized spacial score (nSPS) is 17.7. The average molecular weight is 431 g/mol. The third-order valence-electron chi connectivity index (χ3n) is 6.66. The van der Waals surface area contributed by atoms with Gasteiger partial charge < -0.3 is 19.6 Å². The van der Waals surface area contributed by atoms with Gasteiger partial charge in [0.05, 0.1) is 5.56 Å². The van der Waals surface area contributed by atoms with Crippen LogP contribution >= 0.6 is 0 Å². The number of aromatic nitrogens is 2. The van der Waals surface area contributed by atoms with Crippen LogP contribution in [-0.4, -0.2) is 84.6 Å². The largest absolute Gasteiger partial charge is 0.353 e. The fourth-order valence-electron chi connectivity index (χ4n) is 4.73. The number of carbonyl (C=O) groups excluding carboxylic acids is 1. The number of likely N-dealkylation sites (N-methyl/N-ethyl adjacent to an activating group) is 1. The molecule has 1 aromatic carbocycles. The number of anilines is 2. The number of rotatable bonds is 4. The van der Waals surface area contributed by atoms with Crippen LogP contribution < -0.4 is 9.80 Å². The first-order valence-corrected chi connectivity index (χ1v) is 11.5. The maximum atomic E-state index is 13.3. The highest BCUT2D eigenvalue weighted by atomic mass is 16.2. The highest BCUT2D eigenvalue weighted by Gasteiger charge is 2.25. The SMILES string of the molecule is CCN1CCN(C(=O)c2cnc(N3CCN(c4ccccn4)CC3)c3ccccc23)CC1. The van der Waals surface area contributed by atoms with E-state index in [1.54, 1.807) is 6.20 Å². The second kappa shape index (κ2) is 9.12. The van der Waals surface area contributed by atoms with Crippen molar-refractivity contribution in [1.82, 2.24) is 19.8 Å². The molecule has 2 fully saturated rings. The summed E-state index contributed by atoms with van der Waals surface area (Å²) in [6.45, 7) is 10.2. The molecule has 0 atom stereocenters. The van der Waals surface area contributed by atoms with Crippen molar-refractivity contribution in [1.29, 1.82) is 0 Å². The van der Waals surface area contributed by atoms with E-state index >= 15 is 0 Å². The van der Waals surface area contributed by atoms with E-state index < -0.39 is 0 Å². The van der Waals surface area contributed by atoms with Crippen molar-refractivity contribution in [2.45, 2.75) is 6.92 Å². The van der Waals surface area contributed by atoms with Crippen molar-refractivity contribution < 1.29 is 4.79 Å². The van der Waals surface area contributed by atoms with Gasteiger partial charge in [-0.3, -0.25) is 4.79 Å². The highest BCUT2D eigenvalue weighted by Crippen LogP contribution is 2.29. The Bertz CT molecular complexity index is 1070. The summed E-state index contributed by atoms with van der Waals surface area (Å²) >= 11 is 0. The fourth-order valence-corrected chi connectivity index (χ4v) is 4.73. The van der Waals surface area contributed by atoms with E-state index in [0.717, 1.165) is 81.3 Å². The van der Waals surface area contributed by atoms with Gasteiger partial charge in [-0.05, 0) is 24.1 Å². The molecule has 2 aliphatic rings. The van der Waals surface area contributed by atoms with Gasteiger partial charge in [-0.15, -0.1) is 0 Å². The Morgan fingerprint density at radius 1 is 0.812 bits per heavy atom. The zero-order valence-corrected chi connectivity index (χ0v) is 18.7. The summed E-state index contributed by atoms with van der Waals surface area (Å²) in [4.78, 5) is 31.6. The minimum absolute atomic E-state index is 0.0935. The lowest BCUT2D eigenvalue weighted by molar-refractivity contribution is 0.0645. The highest BCUT2D eigenvalue weighted by molar-refractivity contribution is 6.09. The van der Waals surface area contributed by atoms with Crippen LogP contribution in [0.25, 0.3) is 10.8 Å². The van der Waals surface area contributed by atoms with Crippen LogP contribution in [0.15, 0.2) is 54.9 Å². The Labute approximate surface area is 189 Å². The molecule has 32 heavy (non-hydrogen) atoms. The molecule has 0 spiro atoms. The van der Waals surface area contributed by atoms with Gasteiger partial charge in [0.25, 0.3) is 5.91 Å². The van der Waals surface area contributed by atoms with Crippen molar-refractivity contribution in [2.24, 2.45) is 0 Å². The van der Waals surface area contributed by atoms with Crippen LogP contribution in [0.2, 0.25) is 0 Å². The number of fused-ring (bicyclic) bond motifs is 1. The van der Waals surface area contributed by atoms with Crippen LogP contribution in [-0.2, 0) is 0 Å². The van der Waals surface area contributed by atoms with Gasteiger partial charge in [0.15, 0.2) is 0 Å². The minimum Gasteiger partial charge on any atom is -0.353 e. The molecule has 166 valence electrons. The fraction of sp³-hybridized carbons (Fsp3) is 0.400. The molecule has 2 aliphatic heterocycles. The Balaban J connectivity index is 1.37. The average Bonchev–Trinajstić information content (AvgIpc) is 2.88. The number of benzene rings is 1. The first-order chi connectivity index (χ1) is 15.7. The predicted molar refractivity (Wildman–Crippen MR) is 128 cm³/mol. The van der Waals surface area contributed by atoms with Gasteiger partial charge in [-0.25, -0.2) is 9.97 Å². The number of nitrogens with zero attached hydrogens (tertiary/aromatic N) is 6. The van der Waals surface area contributed by atoms with E-state index in [1.807, 2.05) is 35.4 Å². The lowest BCUT2D eigenvalue weighted by Gasteiger charge is -2.37. The van der Waals surface area contributed by atoms with Gasteiger partial charge in [-0.2, -0.15) is 0 Å². The summed E-state index contributed by atoms with van der Waals surface area (Å²) in [5.41, 5.74) is 0.710. The molecule has 2 saturated heterocycles. The summed E-state index contributed by atoms with van der Waals surface area (Å²) in [7, 11) is 0. The van der Waals surface area contributed by atoms with E-state index in [0.29, 0.717) is 5.56 Å². The number of pyridine rings is 2. The minimum atomic E-state index is 0.0935. The van der Waals surface area contributed by atoms with E-state index in [4.69, 9.17) is 4.98 Å². The summed E-state index contributed by atoms with van der Waals surface area (Å²) in [6, 6.07) is 14.2. The van der Waals surface area contributed by atoms with E-state index in [-0.39, 0.29) is 5.91 Å². The smallest absolute Gasteiger partial charge is 0.256 e. The van der Waals surface area contributed by atoms with Crippen LogP contribution in [0.4, 0.5) is 11.6 Å². The van der Waals surface area contributed by atoms with Gasteiger partial charge in [0.1, 0.15) is 11.6 Å². The topological polar surface area (TPSA) is 55.8 Å². The first kappa shape index (κ1) is 20.7.